The lowest BCUT2D eigenvalue weighted by atomic mass is 10.1. The number of benzene rings is 2. The maximum atomic E-state index is 12.4. The van der Waals surface area contributed by atoms with E-state index in [1.165, 1.54) is 11.3 Å². The third-order valence-corrected chi connectivity index (χ3v) is 5.53. The molecule has 0 saturated heterocycles. The standard InChI is InChI=1S/C19H19BrN2O2S/c1-4-22-15-7-6-14(20)11-17(15)25-19(22)21-18(23)10-13-5-8-16(24-3)12(2)9-13/h5-9,11H,4,10H2,1-3H3. The van der Waals surface area contributed by atoms with E-state index < -0.39 is 0 Å². The third kappa shape index (κ3) is 3.85. The van der Waals surface area contributed by atoms with Crippen LogP contribution >= 0.6 is 27.3 Å². The molecule has 0 saturated carbocycles. The minimum Gasteiger partial charge on any atom is -0.496 e. The van der Waals surface area contributed by atoms with Crippen molar-refractivity contribution in [3.63, 3.8) is 0 Å². The lowest BCUT2D eigenvalue weighted by Gasteiger charge is -2.06. The second kappa shape index (κ2) is 7.54. The number of rotatable bonds is 4. The summed E-state index contributed by atoms with van der Waals surface area (Å²) in [6, 6.07) is 11.9. The summed E-state index contributed by atoms with van der Waals surface area (Å²) in [5, 5.41) is 0. The van der Waals surface area contributed by atoms with Gasteiger partial charge in [-0.1, -0.05) is 39.4 Å². The zero-order valence-corrected chi connectivity index (χ0v) is 16.8. The Morgan fingerprint density at radius 3 is 2.76 bits per heavy atom. The molecule has 0 bridgehead atoms. The van der Waals surface area contributed by atoms with E-state index in [9.17, 15) is 4.79 Å². The van der Waals surface area contributed by atoms with Gasteiger partial charge in [0.2, 0.25) is 0 Å². The van der Waals surface area contributed by atoms with Crippen molar-refractivity contribution in [1.29, 1.82) is 0 Å². The molecule has 3 rings (SSSR count). The number of fused-ring (bicyclic) bond motifs is 1. The number of hydrogen-bond donors (Lipinski definition) is 0. The number of aryl methyl sites for hydroxylation is 2. The lowest BCUT2D eigenvalue weighted by molar-refractivity contribution is -0.117. The first-order valence-corrected chi connectivity index (χ1v) is 9.62. The molecule has 3 aromatic rings. The Bertz CT molecular complexity index is 1000. The van der Waals surface area contributed by atoms with Crippen LogP contribution in [0.1, 0.15) is 18.1 Å². The molecule has 2 aromatic carbocycles. The molecule has 25 heavy (non-hydrogen) atoms. The molecule has 130 valence electrons. The number of nitrogens with zero attached hydrogens (tertiary/aromatic N) is 2. The van der Waals surface area contributed by atoms with Crippen molar-refractivity contribution < 1.29 is 9.53 Å². The molecule has 1 heterocycles. The van der Waals surface area contributed by atoms with Gasteiger partial charge in [-0.3, -0.25) is 4.79 Å². The Kier molecular flexibility index (Phi) is 5.39. The predicted molar refractivity (Wildman–Crippen MR) is 105 cm³/mol. The van der Waals surface area contributed by atoms with Crippen LogP contribution in [-0.4, -0.2) is 17.6 Å². The van der Waals surface area contributed by atoms with Gasteiger partial charge in [0.1, 0.15) is 5.75 Å². The molecule has 0 N–H and O–H groups in total. The molecule has 0 aliphatic heterocycles. The number of carbonyl (C=O) groups is 1. The average Bonchev–Trinajstić information content (AvgIpc) is 2.90. The van der Waals surface area contributed by atoms with E-state index in [0.717, 1.165) is 42.9 Å². The Morgan fingerprint density at radius 1 is 1.28 bits per heavy atom. The van der Waals surface area contributed by atoms with Gasteiger partial charge in [0.15, 0.2) is 4.80 Å². The van der Waals surface area contributed by atoms with Gasteiger partial charge < -0.3 is 9.30 Å². The molecular weight excluding hydrogens is 400 g/mol. The van der Waals surface area contributed by atoms with Gasteiger partial charge in [-0.15, -0.1) is 0 Å². The number of carbonyl (C=O) groups excluding carboxylic acids is 1. The zero-order valence-electron chi connectivity index (χ0n) is 14.4. The molecular formula is C19H19BrN2O2S. The fourth-order valence-corrected chi connectivity index (χ4v) is 4.47. The van der Waals surface area contributed by atoms with Crippen LogP contribution in [0.2, 0.25) is 0 Å². The van der Waals surface area contributed by atoms with Crippen LogP contribution in [0, 0.1) is 6.92 Å². The van der Waals surface area contributed by atoms with Crippen LogP contribution in [-0.2, 0) is 17.8 Å². The smallest absolute Gasteiger partial charge is 0.252 e. The molecule has 0 atom stereocenters. The monoisotopic (exact) mass is 418 g/mol. The van der Waals surface area contributed by atoms with E-state index >= 15 is 0 Å². The van der Waals surface area contributed by atoms with Crippen molar-refractivity contribution >= 4 is 43.4 Å². The highest BCUT2D eigenvalue weighted by atomic mass is 79.9. The molecule has 0 spiro atoms. The summed E-state index contributed by atoms with van der Waals surface area (Å²) in [7, 11) is 1.64. The number of hydrogen-bond acceptors (Lipinski definition) is 3. The van der Waals surface area contributed by atoms with Crippen LogP contribution in [0.15, 0.2) is 45.9 Å². The van der Waals surface area contributed by atoms with Gasteiger partial charge in [0.25, 0.3) is 5.91 Å². The topological polar surface area (TPSA) is 43.6 Å². The van der Waals surface area contributed by atoms with Gasteiger partial charge in [0, 0.05) is 11.0 Å². The van der Waals surface area contributed by atoms with E-state index in [2.05, 4.69) is 44.5 Å². The van der Waals surface area contributed by atoms with E-state index in [-0.39, 0.29) is 12.3 Å². The molecule has 4 nitrogen and oxygen atoms in total. The molecule has 0 radical (unpaired) electrons. The fourth-order valence-electron chi connectivity index (χ4n) is 2.81. The van der Waals surface area contributed by atoms with Gasteiger partial charge in [-0.05, 0) is 49.2 Å². The second-order valence-corrected chi connectivity index (χ2v) is 7.65. The SMILES string of the molecule is CCn1c(=NC(=O)Cc2ccc(OC)c(C)c2)sc2cc(Br)ccc21. The highest BCUT2D eigenvalue weighted by molar-refractivity contribution is 9.10. The average molecular weight is 419 g/mol. The van der Waals surface area contributed by atoms with Crippen molar-refractivity contribution in [2.75, 3.05) is 7.11 Å². The number of halogens is 1. The molecule has 6 heteroatoms. The summed E-state index contributed by atoms with van der Waals surface area (Å²) in [5.74, 6) is 0.685. The summed E-state index contributed by atoms with van der Waals surface area (Å²) < 4.78 is 9.47. The van der Waals surface area contributed by atoms with Gasteiger partial charge in [-0.2, -0.15) is 4.99 Å². The molecule has 0 aliphatic carbocycles. The van der Waals surface area contributed by atoms with E-state index in [1.807, 2.05) is 31.2 Å². The number of aromatic nitrogens is 1. The summed E-state index contributed by atoms with van der Waals surface area (Å²) in [6.07, 6.45) is 0.284. The van der Waals surface area contributed by atoms with Crippen molar-refractivity contribution in [1.82, 2.24) is 4.57 Å². The quantitative estimate of drug-likeness (QED) is 0.626. The summed E-state index contributed by atoms with van der Waals surface area (Å²) >= 11 is 5.03. The van der Waals surface area contributed by atoms with E-state index in [1.54, 1.807) is 7.11 Å². The zero-order chi connectivity index (χ0) is 18.0. The first-order chi connectivity index (χ1) is 12.0. The maximum Gasteiger partial charge on any atom is 0.252 e. The number of methoxy groups -OCH3 is 1. The van der Waals surface area contributed by atoms with E-state index in [4.69, 9.17) is 4.74 Å². The number of amides is 1. The second-order valence-electron chi connectivity index (χ2n) is 5.73. The van der Waals surface area contributed by atoms with Crippen LogP contribution in [0.5, 0.6) is 5.75 Å². The number of ether oxygens (including phenoxy) is 1. The molecule has 1 aromatic heterocycles. The molecule has 1 amide bonds. The van der Waals surface area contributed by atoms with Crippen LogP contribution in [0.4, 0.5) is 0 Å². The van der Waals surface area contributed by atoms with Crippen molar-refractivity contribution in [3.8, 4) is 5.75 Å². The molecule has 0 fully saturated rings. The maximum absolute atomic E-state index is 12.4. The highest BCUT2D eigenvalue weighted by Gasteiger charge is 2.09. The summed E-state index contributed by atoms with van der Waals surface area (Å²) in [5.41, 5.74) is 3.06. The minimum absolute atomic E-state index is 0.141. The lowest BCUT2D eigenvalue weighted by Crippen LogP contribution is -2.16. The fraction of sp³-hybridized carbons (Fsp3) is 0.263. The van der Waals surface area contributed by atoms with Crippen molar-refractivity contribution in [3.05, 3.63) is 56.8 Å². The first-order valence-electron chi connectivity index (χ1n) is 8.01. The minimum atomic E-state index is -0.141. The highest BCUT2D eigenvalue weighted by Crippen LogP contribution is 2.22. The third-order valence-electron chi connectivity index (χ3n) is 4.00. The van der Waals surface area contributed by atoms with Crippen LogP contribution in [0.3, 0.4) is 0 Å². The Labute approximate surface area is 158 Å². The summed E-state index contributed by atoms with van der Waals surface area (Å²) in [6.45, 7) is 4.80. The van der Waals surface area contributed by atoms with Gasteiger partial charge >= 0.3 is 0 Å². The Hall–Kier alpha value is -1.92. The van der Waals surface area contributed by atoms with E-state index in [0.29, 0.717) is 0 Å². The predicted octanol–water partition coefficient (Wildman–Crippen LogP) is 4.47. The molecule has 0 aliphatic rings. The van der Waals surface area contributed by atoms with Crippen LogP contribution in [0.25, 0.3) is 10.2 Å². The largest absolute Gasteiger partial charge is 0.496 e. The van der Waals surface area contributed by atoms with Gasteiger partial charge in [-0.25, -0.2) is 0 Å². The van der Waals surface area contributed by atoms with Crippen molar-refractivity contribution in [2.45, 2.75) is 26.8 Å². The summed E-state index contributed by atoms with van der Waals surface area (Å²) in [4.78, 5) is 17.5. The normalized spacial score (nSPS) is 11.9. The molecule has 0 unspecified atom stereocenters. The van der Waals surface area contributed by atoms with Gasteiger partial charge in [0.05, 0.1) is 23.7 Å². The van der Waals surface area contributed by atoms with Crippen molar-refractivity contribution in [2.24, 2.45) is 4.99 Å². The number of thiazole rings is 1. The Morgan fingerprint density at radius 2 is 2.08 bits per heavy atom. The first kappa shape index (κ1) is 17.9. The van der Waals surface area contributed by atoms with Crippen LogP contribution < -0.4 is 9.54 Å². The Balaban J connectivity index is 1.93.